The van der Waals surface area contributed by atoms with Crippen molar-refractivity contribution in [3.8, 4) is 5.75 Å². The van der Waals surface area contributed by atoms with E-state index in [0.29, 0.717) is 0 Å². The van der Waals surface area contributed by atoms with Crippen molar-refractivity contribution in [1.29, 1.82) is 0 Å². The second kappa shape index (κ2) is 8.32. The Morgan fingerprint density at radius 3 is 2.44 bits per heavy atom. The van der Waals surface area contributed by atoms with Crippen molar-refractivity contribution in [3.63, 3.8) is 0 Å². The zero-order valence-corrected chi connectivity index (χ0v) is 15.9. The molecule has 1 N–H and O–H groups in total. The van der Waals surface area contributed by atoms with Gasteiger partial charge in [0.1, 0.15) is 11.4 Å². The first kappa shape index (κ1) is 19.2. The van der Waals surface area contributed by atoms with Crippen LogP contribution in [0.3, 0.4) is 0 Å². The maximum absolute atomic E-state index is 11.8. The Morgan fingerprint density at radius 1 is 1.16 bits per heavy atom. The Labute approximate surface area is 151 Å². The Bertz CT molecular complexity index is 709. The molecule has 0 aromatic heterocycles. The van der Waals surface area contributed by atoms with E-state index in [1.807, 2.05) is 75.6 Å². The number of rotatable bonds is 7. The lowest BCUT2D eigenvalue weighted by molar-refractivity contribution is 0.0104. The third-order valence-electron chi connectivity index (χ3n) is 4.65. The largest absolute Gasteiger partial charge is 0.497 e. The molecule has 0 spiro atoms. The molecular formula is C22H29NO2. The van der Waals surface area contributed by atoms with Gasteiger partial charge in [0.05, 0.1) is 7.11 Å². The van der Waals surface area contributed by atoms with E-state index in [2.05, 4.69) is 17.9 Å². The summed E-state index contributed by atoms with van der Waals surface area (Å²) in [5, 5.41) is 11.8. The molecule has 0 heterocycles. The molecule has 0 fully saturated rings. The lowest BCUT2D eigenvalue weighted by atomic mass is 9.76. The fraction of sp³-hybridized carbons (Fsp3) is 0.364. The monoisotopic (exact) mass is 339 g/mol. The predicted octanol–water partition coefficient (Wildman–Crippen LogP) is 4.18. The maximum atomic E-state index is 11.8. The molecule has 2 unspecified atom stereocenters. The first-order chi connectivity index (χ1) is 11.9. The van der Waals surface area contributed by atoms with Crippen LogP contribution in [0.25, 0.3) is 6.08 Å². The van der Waals surface area contributed by atoms with Crippen LogP contribution in [0, 0.1) is 5.92 Å². The van der Waals surface area contributed by atoms with Gasteiger partial charge in [-0.25, -0.2) is 0 Å². The second-order valence-electron chi connectivity index (χ2n) is 6.90. The molecule has 0 bridgehead atoms. The first-order valence-electron chi connectivity index (χ1n) is 8.63. The van der Waals surface area contributed by atoms with Crippen LogP contribution in [0.5, 0.6) is 5.75 Å². The first-order valence-corrected chi connectivity index (χ1v) is 8.63. The minimum Gasteiger partial charge on any atom is -0.497 e. The molecule has 2 atom stereocenters. The Kier molecular flexibility index (Phi) is 6.40. The van der Waals surface area contributed by atoms with Crippen molar-refractivity contribution in [2.75, 3.05) is 27.7 Å². The van der Waals surface area contributed by atoms with Crippen LogP contribution in [0.2, 0.25) is 0 Å². The summed E-state index contributed by atoms with van der Waals surface area (Å²) in [4.78, 5) is 2.10. The van der Waals surface area contributed by atoms with E-state index < -0.39 is 5.60 Å². The lowest BCUT2D eigenvalue weighted by Gasteiger charge is -2.37. The van der Waals surface area contributed by atoms with E-state index in [1.165, 1.54) is 0 Å². The second-order valence-corrected chi connectivity index (χ2v) is 6.90. The van der Waals surface area contributed by atoms with Crippen molar-refractivity contribution < 1.29 is 9.84 Å². The molecule has 0 amide bonds. The molecule has 2 aromatic carbocycles. The fourth-order valence-electron chi connectivity index (χ4n) is 3.35. The van der Waals surface area contributed by atoms with Gasteiger partial charge >= 0.3 is 0 Å². The number of aliphatic hydroxyl groups is 1. The number of nitrogens with zero attached hydrogens (tertiary/aromatic N) is 1. The Morgan fingerprint density at radius 2 is 1.84 bits per heavy atom. The third kappa shape index (κ3) is 4.50. The Balaban J connectivity index is 2.53. The molecule has 0 aliphatic rings. The highest BCUT2D eigenvalue weighted by molar-refractivity contribution is 5.56. The molecule has 0 aliphatic carbocycles. The molecule has 3 heteroatoms. The van der Waals surface area contributed by atoms with E-state index in [9.17, 15) is 5.11 Å². The number of methoxy groups -OCH3 is 1. The summed E-state index contributed by atoms with van der Waals surface area (Å²) in [6.45, 7) is 4.86. The number of ether oxygens (including phenoxy) is 1. The molecule has 2 aromatic rings. The number of benzene rings is 2. The van der Waals surface area contributed by atoms with Crippen molar-refractivity contribution in [3.05, 3.63) is 71.3 Å². The summed E-state index contributed by atoms with van der Waals surface area (Å²) in [6.07, 6.45) is 2.06. The minimum atomic E-state index is -1.07. The summed E-state index contributed by atoms with van der Waals surface area (Å²) in [5.74, 6) is 0.759. The van der Waals surface area contributed by atoms with Gasteiger partial charge in [-0.3, -0.25) is 0 Å². The average molecular weight is 339 g/mol. The minimum absolute atomic E-state index is 0.00886. The molecule has 2 rings (SSSR count). The van der Waals surface area contributed by atoms with Gasteiger partial charge in [-0.15, -0.1) is 0 Å². The predicted molar refractivity (Wildman–Crippen MR) is 105 cm³/mol. The summed E-state index contributed by atoms with van der Waals surface area (Å²) in [6, 6.07) is 17.8. The smallest absolute Gasteiger partial charge is 0.119 e. The van der Waals surface area contributed by atoms with Gasteiger partial charge in [0.15, 0.2) is 0 Å². The molecule has 0 radical (unpaired) electrons. The van der Waals surface area contributed by atoms with Crippen molar-refractivity contribution in [2.24, 2.45) is 5.92 Å². The highest BCUT2D eigenvalue weighted by Crippen LogP contribution is 2.39. The molecule has 3 nitrogen and oxygen atoms in total. The summed E-state index contributed by atoms with van der Waals surface area (Å²) >= 11 is 0. The number of hydrogen-bond acceptors (Lipinski definition) is 3. The van der Waals surface area contributed by atoms with Crippen LogP contribution >= 0.6 is 0 Å². The molecule has 134 valence electrons. The summed E-state index contributed by atoms with van der Waals surface area (Å²) in [7, 11) is 5.70. The van der Waals surface area contributed by atoms with Gasteiger partial charge in [-0.1, -0.05) is 55.5 Å². The van der Waals surface area contributed by atoms with Crippen LogP contribution < -0.4 is 4.74 Å². The molecule has 0 aliphatic heterocycles. The fourth-order valence-corrected chi connectivity index (χ4v) is 3.35. The van der Waals surface area contributed by atoms with Crippen molar-refractivity contribution >= 4 is 6.08 Å². The summed E-state index contributed by atoms with van der Waals surface area (Å²) < 4.78 is 5.37. The van der Waals surface area contributed by atoms with Crippen LogP contribution in [-0.2, 0) is 5.60 Å². The zero-order valence-electron chi connectivity index (χ0n) is 15.9. The quantitative estimate of drug-likeness (QED) is 0.821. The van der Waals surface area contributed by atoms with Gasteiger partial charge in [0, 0.05) is 12.5 Å². The maximum Gasteiger partial charge on any atom is 0.119 e. The molecule has 0 saturated heterocycles. The summed E-state index contributed by atoms with van der Waals surface area (Å²) in [5.41, 5.74) is 1.78. The van der Waals surface area contributed by atoms with Crippen molar-refractivity contribution in [2.45, 2.75) is 19.4 Å². The van der Waals surface area contributed by atoms with Gasteiger partial charge in [-0.2, -0.15) is 0 Å². The zero-order chi connectivity index (χ0) is 18.4. The van der Waals surface area contributed by atoms with Crippen LogP contribution in [-0.4, -0.2) is 37.8 Å². The average Bonchev–Trinajstić information content (AvgIpc) is 2.61. The Hall–Kier alpha value is -2.10. The van der Waals surface area contributed by atoms with E-state index >= 15 is 0 Å². The number of hydrogen-bond donors (Lipinski definition) is 1. The standard InChI is InChI=1S/C22H29NO2/c1-17(14-19-10-7-6-8-11-19)22(24,18(2)16-23(3)4)20-12-9-13-21(15-20)25-5/h6-15,18,24H,16H2,1-5H3. The highest BCUT2D eigenvalue weighted by atomic mass is 16.5. The molecule has 0 saturated carbocycles. The molecular weight excluding hydrogens is 310 g/mol. The van der Waals surface area contributed by atoms with Gasteiger partial charge in [0.2, 0.25) is 0 Å². The third-order valence-corrected chi connectivity index (χ3v) is 4.65. The van der Waals surface area contributed by atoms with E-state index in [1.54, 1.807) is 7.11 Å². The lowest BCUT2D eigenvalue weighted by Crippen LogP contribution is -2.40. The van der Waals surface area contributed by atoms with Crippen LogP contribution in [0.15, 0.2) is 60.2 Å². The van der Waals surface area contributed by atoms with E-state index in [-0.39, 0.29) is 5.92 Å². The van der Waals surface area contributed by atoms with Gasteiger partial charge in [0.25, 0.3) is 0 Å². The SMILES string of the molecule is COc1cccc(C(O)(C(C)=Cc2ccccc2)C(C)CN(C)C)c1. The van der Waals surface area contributed by atoms with E-state index in [4.69, 9.17) is 4.74 Å². The van der Waals surface area contributed by atoms with Crippen molar-refractivity contribution in [1.82, 2.24) is 4.90 Å². The highest BCUT2D eigenvalue weighted by Gasteiger charge is 2.38. The van der Waals surface area contributed by atoms with Gasteiger partial charge in [-0.05, 0) is 49.9 Å². The van der Waals surface area contributed by atoms with E-state index in [0.717, 1.165) is 29.0 Å². The normalized spacial score (nSPS) is 15.7. The molecule has 25 heavy (non-hydrogen) atoms. The van der Waals surface area contributed by atoms with Gasteiger partial charge < -0.3 is 14.7 Å². The van der Waals surface area contributed by atoms with Crippen LogP contribution in [0.4, 0.5) is 0 Å². The van der Waals surface area contributed by atoms with Crippen LogP contribution in [0.1, 0.15) is 25.0 Å². The topological polar surface area (TPSA) is 32.7 Å².